The molecule has 0 saturated carbocycles. The zero-order valence-electron chi connectivity index (χ0n) is 15.3. The van der Waals surface area contributed by atoms with E-state index in [2.05, 4.69) is 5.32 Å². The van der Waals surface area contributed by atoms with Crippen molar-refractivity contribution in [2.75, 3.05) is 12.4 Å². The van der Waals surface area contributed by atoms with Crippen LogP contribution in [0, 0.1) is 11.3 Å². The van der Waals surface area contributed by atoms with Crippen molar-refractivity contribution in [1.29, 1.82) is 5.26 Å². The van der Waals surface area contributed by atoms with E-state index in [-0.39, 0.29) is 5.57 Å². The number of hydrogen-bond acceptors (Lipinski definition) is 4. The number of ether oxygens (including phenoxy) is 2. The zero-order chi connectivity index (χ0) is 19.8. The Morgan fingerprint density at radius 1 is 0.893 bits per heavy atom. The number of methoxy groups -OCH3 is 1. The molecule has 5 heteroatoms. The van der Waals surface area contributed by atoms with Gasteiger partial charge in [-0.05, 0) is 60.2 Å². The molecule has 28 heavy (non-hydrogen) atoms. The van der Waals surface area contributed by atoms with E-state index < -0.39 is 5.91 Å². The maximum Gasteiger partial charge on any atom is 0.266 e. The predicted molar refractivity (Wildman–Crippen MR) is 108 cm³/mol. The summed E-state index contributed by atoms with van der Waals surface area (Å²) < 4.78 is 10.8. The molecule has 0 fully saturated rings. The highest BCUT2D eigenvalue weighted by Crippen LogP contribution is 2.23. The monoisotopic (exact) mass is 370 g/mol. The van der Waals surface area contributed by atoms with Crippen LogP contribution in [-0.2, 0) is 4.79 Å². The van der Waals surface area contributed by atoms with Crippen molar-refractivity contribution in [3.05, 3.63) is 90.0 Å². The van der Waals surface area contributed by atoms with Crippen LogP contribution in [0.3, 0.4) is 0 Å². The van der Waals surface area contributed by atoms with Gasteiger partial charge < -0.3 is 14.8 Å². The van der Waals surface area contributed by atoms with Gasteiger partial charge >= 0.3 is 0 Å². The molecule has 0 radical (unpaired) electrons. The first-order valence-electron chi connectivity index (χ1n) is 8.58. The lowest BCUT2D eigenvalue weighted by Crippen LogP contribution is -2.13. The van der Waals surface area contributed by atoms with Crippen molar-refractivity contribution in [3.63, 3.8) is 0 Å². The Hall–Kier alpha value is -4.04. The number of anilines is 1. The Bertz CT molecular complexity index is 1000. The van der Waals surface area contributed by atoms with Crippen LogP contribution in [0.4, 0.5) is 5.69 Å². The van der Waals surface area contributed by atoms with Crippen LogP contribution < -0.4 is 14.8 Å². The summed E-state index contributed by atoms with van der Waals surface area (Å²) in [6, 6.07) is 25.4. The van der Waals surface area contributed by atoms with Gasteiger partial charge in [-0.15, -0.1) is 0 Å². The first kappa shape index (κ1) is 18.7. The molecule has 0 saturated heterocycles. The second kappa shape index (κ2) is 9.06. The van der Waals surface area contributed by atoms with E-state index in [1.165, 1.54) is 6.08 Å². The largest absolute Gasteiger partial charge is 0.497 e. The molecule has 0 unspecified atom stereocenters. The molecular formula is C23H18N2O3. The molecule has 0 aromatic heterocycles. The highest BCUT2D eigenvalue weighted by Gasteiger charge is 2.10. The molecule has 0 atom stereocenters. The molecule has 3 aromatic rings. The maximum absolute atomic E-state index is 12.4. The van der Waals surface area contributed by atoms with Crippen molar-refractivity contribution in [1.82, 2.24) is 0 Å². The Kier molecular flexibility index (Phi) is 6.06. The molecule has 0 aliphatic carbocycles. The van der Waals surface area contributed by atoms with Gasteiger partial charge in [0.25, 0.3) is 5.91 Å². The highest BCUT2D eigenvalue weighted by molar-refractivity contribution is 6.09. The van der Waals surface area contributed by atoms with E-state index >= 15 is 0 Å². The zero-order valence-corrected chi connectivity index (χ0v) is 15.3. The molecule has 0 spiro atoms. The summed E-state index contributed by atoms with van der Waals surface area (Å²) >= 11 is 0. The van der Waals surface area contributed by atoms with Gasteiger partial charge in [0.15, 0.2) is 0 Å². The van der Waals surface area contributed by atoms with E-state index in [9.17, 15) is 10.1 Å². The average molecular weight is 370 g/mol. The Balaban J connectivity index is 1.66. The van der Waals surface area contributed by atoms with E-state index in [0.29, 0.717) is 17.2 Å². The number of rotatable bonds is 6. The minimum absolute atomic E-state index is 0.00905. The highest BCUT2D eigenvalue weighted by atomic mass is 16.5. The first-order valence-corrected chi connectivity index (χ1v) is 8.58. The number of hydrogen-bond donors (Lipinski definition) is 1. The van der Waals surface area contributed by atoms with E-state index in [4.69, 9.17) is 9.47 Å². The molecule has 3 aromatic carbocycles. The molecule has 5 nitrogen and oxygen atoms in total. The first-order chi connectivity index (χ1) is 13.7. The summed E-state index contributed by atoms with van der Waals surface area (Å²) in [7, 11) is 1.58. The van der Waals surface area contributed by atoms with E-state index in [1.807, 2.05) is 36.4 Å². The van der Waals surface area contributed by atoms with Crippen LogP contribution in [0.5, 0.6) is 17.2 Å². The lowest BCUT2D eigenvalue weighted by atomic mass is 10.1. The van der Waals surface area contributed by atoms with Crippen molar-refractivity contribution in [2.24, 2.45) is 0 Å². The third-order valence-electron chi connectivity index (χ3n) is 3.88. The quantitative estimate of drug-likeness (QED) is 0.488. The average Bonchev–Trinajstić information content (AvgIpc) is 2.74. The number of benzene rings is 3. The fourth-order valence-corrected chi connectivity index (χ4v) is 2.44. The number of para-hydroxylation sites is 1. The number of nitrogens with zero attached hydrogens (tertiary/aromatic N) is 1. The fraction of sp³-hybridized carbons (Fsp3) is 0.0435. The van der Waals surface area contributed by atoms with Gasteiger partial charge in [-0.3, -0.25) is 4.79 Å². The third-order valence-corrected chi connectivity index (χ3v) is 3.88. The smallest absolute Gasteiger partial charge is 0.266 e. The number of carbonyl (C=O) groups excluding carboxylic acids is 1. The normalized spacial score (nSPS) is 10.6. The predicted octanol–water partition coefficient (Wildman–Crippen LogP) is 5.03. The fourth-order valence-electron chi connectivity index (χ4n) is 2.44. The Morgan fingerprint density at radius 3 is 2.11 bits per heavy atom. The number of carbonyl (C=O) groups is 1. The van der Waals surface area contributed by atoms with Crippen molar-refractivity contribution >= 4 is 17.7 Å². The number of nitriles is 1. The SMILES string of the molecule is COc1ccc(C=C(C#N)C(=O)Nc2ccc(Oc3ccccc3)cc2)cc1. The minimum atomic E-state index is -0.477. The summed E-state index contributed by atoms with van der Waals surface area (Å²) in [5, 5.41) is 12.0. The lowest BCUT2D eigenvalue weighted by Gasteiger charge is -2.08. The van der Waals surface area contributed by atoms with Gasteiger partial charge in [0.2, 0.25) is 0 Å². The third kappa shape index (κ3) is 4.99. The topological polar surface area (TPSA) is 71.3 Å². The molecular weight excluding hydrogens is 352 g/mol. The second-order valence-electron chi connectivity index (χ2n) is 5.84. The van der Waals surface area contributed by atoms with Gasteiger partial charge in [0.05, 0.1) is 7.11 Å². The molecule has 0 aliphatic heterocycles. The summed E-state index contributed by atoms with van der Waals surface area (Å²) in [6.45, 7) is 0. The molecule has 0 bridgehead atoms. The molecule has 1 N–H and O–H groups in total. The molecule has 0 aliphatic rings. The summed E-state index contributed by atoms with van der Waals surface area (Å²) in [6.07, 6.45) is 1.53. The van der Waals surface area contributed by atoms with Crippen LogP contribution in [0.15, 0.2) is 84.4 Å². The Labute approximate surface area is 163 Å². The summed E-state index contributed by atoms with van der Waals surface area (Å²) in [5.41, 5.74) is 1.31. The van der Waals surface area contributed by atoms with Crippen LogP contribution in [0.1, 0.15) is 5.56 Å². The van der Waals surface area contributed by atoms with Gasteiger partial charge in [-0.25, -0.2) is 0 Å². The molecule has 0 heterocycles. The minimum Gasteiger partial charge on any atom is -0.497 e. The summed E-state index contributed by atoms with van der Waals surface area (Å²) in [4.78, 5) is 12.4. The second-order valence-corrected chi connectivity index (χ2v) is 5.84. The Morgan fingerprint density at radius 2 is 1.50 bits per heavy atom. The van der Waals surface area contributed by atoms with Gasteiger partial charge in [-0.1, -0.05) is 30.3 Å². The standard InChI is InChI=1S/C23H18N2O3/c1-27-20-11-7-17(8-12-20)15-18(16-24)23(26)25-19-9-13-22(14-10-19)28-21-5-3-2-4-6-21/h2-15H,1H3,(H,25,26). The van der Waals surface area contributed by atoms with E-state index in [0.717, 1.165) is 11.3 Å². The van der Waals surface area contributed by atoms with Crippen LogP contribution in [0.25, 0.3) is 6.08 Å². The van der Waals surface area contributed by atoms with Crippen molar-refractivity contribution in [3.8, 4) is 23.3 Å². The van der Waals surface area contributed by atoms with Gasteiger partial charge in [0, 0.05) is 5.69 Å². The van der Waals surface area contributed by atoms with Crippen LogP contribution in [0.2, 0.25) is 0 Å². The molecule has 138 valence electrons. The van der Waals surface area contributed by atoms with Gasteiger partial charge in [0.1, 0.15) is 28.9 Å². The van der Waals surface area contributed by atoms with Crippen LogP contribution >= 0.6 is 0 Å². The maximum atomic E-state index is 12.4. The van der Waals surface area contributed by atoms with Crippen molar-refractivity contribution in [2.45, 2.75) is 0 Å². The number of nitrogens with one attached hydrogen (secondary N) is 1. The van der Waals surface area contributed by atoms with Gasteiger partial charge in [-0.2, -0.15) is 5.26 Å². The van der Waals surface area contributed by atoms with Crippen LogP contribution in [-0.4, -0.2) is 13.0 Å². The number of amides is 1. The molecule has 1 amide bonds. The summed E-state index contributed by atoms with van der Waals surface area (Å²) in [5.74, 6) is 1.61. The van der Waals surface area contributed by atoms with E-state index in [1.54, 1.807) is 55.6 Å². The lowest BCUT2D eigenvalue weighted by molar-refractivity contribution is -0.112. The van der Waals surface area contributed by atoms with Crippen molar-refractivity contribution < 1.29 is 14.3 Å². The molecule has 3 rings (SSSR count).